The van der Waals surface area contributed by atoms with Gasteiger partial charge in [0.05, 0.1) is 18.4 Å². The van der Waals surface area contributed by atoms with E-state index < -0.39 is 17.3 Å². The van der Waals surface area contributed by atoms with E-state index in [0.29, 0.717) is 62.6 Å². The third-order valence-corrected chi connectivity index (χ3v) is 7.28. The summed E-state index contributed by atoms with van der Waals surface area (Å²) in [6.07, 6.45) is 4.31. The van der Waals surface area contributed by atoms with E-state index in [2.05, 4.69) is 16.6 Å². The van der Waals surface area contributed by atoms with E-state index in [1.54, 1.807) is 4.57 Å². The number of nitrogen functional groups attached to an aromatic ring is 1. The van der Waals surface area contributed by atoms with Crippen LogP contribution in [0.5, 0.6) is 0 Å². The second-order valence-electron chi connectivity index (χ2n) is 9.86. The number of likely N-dealkylation sites (N-methyl/N-ethyl adjacent to an activating group) is 1. The normalized spacial score (nSPS) is 11.7. The minimum absolute atomic E-state index is 0.00364. The lowest BCUT2D eigenvalue weighted by atomic mass is 10.1. The van der Waals surface area contributed by atoms with Gasteiger partial charge >= 0.3 is 11.7 Å². The number of nitrogens with zero attached hydrogens (tertiary/aromatic N) is 6. The zero-order valence-electron chi connectivity index (χ0n) is 23.2. The van der Waals surface area contributed by atoms with Crippen molar-refractivity contribution in [1.29, 1.82) is 0 Å². The lowest BCUT2D eigenvalue weighted by molar-refractivity contribution is 0.197. The van der Waals surface area contributed by atoms with Gasteiger partial charge in [-0.05, 0) is 31.0 Å². The number of aliphatic hydroxyl groups excluding tert-OH is 1. The Hall–Kier alpha value is -3.77. The first kappa shape index (κ1) is 29.2. The monoisotopic (exact) mass is 555 g/mol. The lowest BCUT2D eigenvalue weighted by Crippen LogP contribution is -2.41. The van der Waals surface area contributed by atoms with Crippen molar-refractivity contribution in [2.75, 3.05) is 32.0 Å². The number of rotatable bonds is 15. The fourth-order valence-corrected chi connectivity index (χ4v) is 4.97. The molecule has 12 heteroatoms. The molecule has 0 radical (unpaired) electrons. The molecule has 0 aliphatic heterocycles. The maximum Gasteiger partial charge on any atom is 0.332 e. The molecule has 0 amide bonds. The number of nitrogens with two attached hydrogens (primary N) is 1. The summed E-state index contributed by atoms with van der Waals surface area (Å²) >= 11 is 0. The average Bonchev–Trinajstić information content (AvgIpc) is 3.52. The number of benzene rings is 1. The van der Waals surface area contributed by atoms with E-state index in [1.165, 1.54) is 15.3 Å². The van der Waals surface area contributed by atoms with Crippen molar-refractivity contribution in [3.63, 3.8) is 0 Å². The highest BCUT2D eigenvalue weighted by molar-refractivity contribution is 5.71. The molecule has 0 aliphatic carbocycles. The number of hydrogen-bond acceptors (Lipinski definition) is 8. The number of aromatic nitrogens is 5. The SMILES string of the molecule is CCCCCn1c(=O)c2c(nc(Cc3cnoc3F)n2CCN(CC)CCO)n(CCc2ccccc2N)c1=O. The zero-order chi connectivity index (χ0) is 28.6. The summed E-state index contributed by atoms with van der Waals surface area (Å²) in [5, 5.41) is 13.0. The van der Waals surface area contributed by atoms with Crippen LogP contribution in [0.3, 0.4) is 0 Å². The number of fused-ring (bicyclic) bond motifs is 1. The molecule has 3 aromatic heterocycles. The van der Waals surface area contributed by atoms with Gasteiger partial charge in [0.15, 0.2) is 11.2 Å². The first-order valence-corrected chi connectivity index (χ1v) is 13.9. The Kier molecular flexibility index (Phi) is 9.88. The molecule has 4 aromatic rings. The van der Waals surface area contributed by atoms with Gasteiger partial charge in [0.1, 0.15) is 5.82 Å². The van der Waals surface area contributed by atoms with Crippen molar-refractivity contribution in [2.45, 2.75) is 65.6 Å². The molecule has 40 heavy (non-hydrogen) atoms. The van der Waals surface area contributed by atoms with Gasteiger partial charge < -0.3 is 19.9 Å². The van der Waals surface area contributed by atoms with Gasteiger partial charge in [0, 0.05) is 44.8 Å². The number of aryl methyl sites for hydroxylation is 2. The van der Waals surface area contributed by atoms with Gasteiger partial charge in [-0.15, -0.1) is 0 Å². The fourth-order valence-electron chi connectivity index (χ4n) is 4.97. The number of aliphatic hydroxyl groups is 1. The Morgan fingerprint density at radius 1 is 1.02 bits per heavy atom. The first-order valence-electron chi connectivity index (χ1n) is 13.9. The first-order chi connectivity index (χ1) is 19.4. The van der Waals surface area contributed by atoms with Crippen LogP contribution in [0.2, 0.25) is 0 Å². The summed E-state index contributed by atoms with van der Waals surface area (Å²) in [5.41, 5.74) is 7.59. The number of halogens is 1. The molecule has 4 rings (SSSR count). The van der Waals surface area contributed by atoms with Crippen molar-refractivity contribution in [3.05, 3.63) is 74.3 Å². The Balaban J connectivity index is 1.87. The highest BCUT2D eigenvalue weighted by Crippen LogP contribution is 2.19. The van der Waals surface area contributed by atoms with Gasteiger partial charge in [0.2, 0.25) is 0 Å². The van der Waals surface area contributed by atoms with Crippen LogP contribution >= 0.6 is 0 Å². The molecule has 0 fully saturated rings. The molecule has 0 saturated heterocycles. The molecule has 1 aromatic carbocycles. The third kappa shape index (κ3) is 6.34. The van der Waals surface area contributed by atoms with Crippen LogP contribution in [0.25, 0.3) is 11.2 Å². The number of hydrogen-bond donors (Lipinski definition) is 2. The zero-order valence-corrected chi connectivity index (χ0v) is 23.2. The van der Waals surface area contributed by atoms with Gasteiger partial charge in [-0.1, -0.05) is 50.0 Å². The molecule has 0 unspecified atom stereocenters. The van der Waals surface area contributed by atoms with Crippen LogP contribution in [0, 0.1) is 6.01 Å². The predicted octanol–water partition coefficient (Wildman–Crippen LogP) is 2.41. The topological polar surface area (TPSA) is 137 Å². The van der Waals surface area contributed by atoms with Crippen LogP contribution < -0.4 is 17.0 Å². The molecular weight excluding hydrogens is 517 g/mol. The maximum absolute atomic E-state index is 14.3. The van der Waals surface area contributed by atoms with Crippen molar-refractivity contribution in [2.24, 2.45) is 0 Å². The number of imidazole rings is 1. The standard InChI is InChI=1S/C28H38FN7O4/c1-3-5-8-12-36-27(38)24-26(35(28(36)39)13-11-20-9-6-7-10-22(20)30)32-23(18-21-19-31-40-25(21)29)34(24)15-14-33(4-2)16-17-37/h6-7,9-10,19,37H,3-5,8,11-18,30H2,1-2H3. The minimum Gasteiger partial charge on any atom is -0.399 e. The number of anilines is 1. The number of unbranched alkanes of at least 4 members (excludes halogenated alkanes) is 2. The smallest absolute Gasteiger partial charge is 0.332 e. The van der Waals surface area contributed by atoms with Crippen molar-refractivity contribution >= 4 is 16.9 Å². The van der Waals surface area contributed by atoms with Crippen LogP contribution in [-0.4, -0.2) is 60.1 Å². The van der Waals surface area contributed by atoms with Crippen LogP contribution in [0.4, 0.5) is 10.1 Å². The second-order valence-corrected chi connectivity index (χ2v) is 9.86. The Labute approximate surface area is 231 Å². The average molecular weight is 556 g/mol. The summed E-state index contributed by atoms with van der Waals surface area (Å²) in [6, 6.07) is 6.65. The van der Waals surface area contributed by atoms with Gasteiger partial charge in [-0.3, -0.25) is 18.8 Å². The van der Waals surface area contributed by atoms with Gasteiger partial charge in [-0.25, -0.2) is 9.78 Å². The lowest BCUT2D eigenvalue weighted by Gasteiger charge is -2.20. The summed E-state index contributed by atoms with van der Waals surface area (Å²) in [6.45, 7) is 6.67. The number of para-hydroxylation sites is 1. The highest BCUT2D eigenvalue weighted by atomic mass is 19.1. The molecule has 0 atom stereocenters. The molecular formula is C28H38FN7O4. The van der Waals surface area contributed by atoms with E-state index >= 15 is 0 Å². The molecule has 3 N–H and O–H groups in total. The predicted molar refractivity (Wildman–Crippen MR) is 151 cm³/mol. The highest BCUT2D eigenvalue weighted by Gasteiger charge is 2.23. The summed E-state index contributed by atoms with van der Waals surface area (Å²) in [5.74, 6) is 0.424. The molecule has 0 bridgehead atoms. The van der Waals surface area contributed by atoms with Crippen molar-refractivity contribution in [3.8, 4) is 0 Å². The Bertz CT molecular complexity index is 1540. The quantitative estimate of drug-likeness (QED) is 0.169. The summed E-state index contributed by atoms with van der Waals surface area (Å²) in [7, 11) is 0. The van der Waals surface area contributed by atoms with E-state index in [0.717, 1.165) is 18.4 Å². The van der Waals surface area contributed by atoms with Crippen molar-refractivity contribution < 1.29 is 14.0 Å². The molecule has 11 nitrogen and oxygen atoms in total. The van der Waals surface area contributed by atoms with E-state index in [-0.39, 0.29) is 30.8 Å². The van der Waals surface area contributed by atoms with E-state index in [1.807, 2.05) is 36.1 Å². The van der Waals surface area contributed by atoms with Crippen molar-refractivity contribution in [1.82, 2.24) is 28.7 Å². The summed E-state index contributed by atoms with van der Waals surface area (Å²) < 4.78 is 23.5. The minimum atomic E-state index is -0.817. The van der Waals surface area contributed by atoms with E-state index in [4.69, 9.17) is 10.7 Å². The van der Waals surface area contributed by atoms with Gasteiger partial charge in [0.25, 0.3) is 5.56 Å². The van der Waals surface area contributed by atoms with Crippen LogP contribution in [0.15, 0.2) is 44.6 Å². The summed E-state index contributed by atoms with van der Waals surface area (Å²) in [4.78, 5) is 34.4. The maximum atomic E-state index is 14.3. The molecule has 216 valence electrons. The second kappa shape index (κ2) is 13.5. The largest absolute Gasteiger partial charge is 0.399 e. The third-order valence-electron chi connectivity index (χ3n) is 7.28. The Morgan fingerprint density at radius 3 is 2.50 bits per heavy atom. The van der Waals surface area contributed by atoms with Crippen LogP contribution in [-0.2, 0) is 32.5 Å². The van der Waals surface area contributed by atoms with E-state index in [9.17, 15) is 19.1 Å². The fraction of sp³-hybridized carbons (Fsp3) is 0.500. The molecule has 0 spiro atoms. The van der Waals surface area contributed by atoms with Crippen LogP contribution in [0.1, 0.15) is 50.1 Å². The molecule has 3 heterocycles. The molecule has 0 saturated carbocycles. The van der Waals surface area contributed by atoms with Gasteiger partial charge in [-0.2, -0.15) is 4.39 Å². The Morgan fingerprint density at radius 2 is 1.82 bits per heavy atom. The molecule has 0 aliphatic rings.